The van der Waals surface area contributed by atoms with Gasteiger partial charge in [-0.25, -0.2) is 0 Å². The van der Waals surface area contributed by atoms with E-state index in [4.69, 9.17) is 53.1 Å². The molecule has 0 bridgehead atoms. The number of aliphatic carboxylic acids is 4. The van der Waals surface area contributed by atoms with Gasteiger partial charge in [0.25, 0.3) is 0 Å². The van der Waals surface area contributed by atoms with Crippen LogP contribution in [0.3, 0.4) is 0 Å². The highest BCUT2D eigenvalue weighted by molar-refractivity contribution is 5.95. The first kappa shape index (κ1) is 120. The number of benzene rings is 9. The van der Waals surface area contributed by atoms with E-state index in [2.05, 4.69) is 48.1 Å². The number of amides is 4. The maximum Gasteiger partial charge on any atom is 0.308 e. The molecule has 0 radical (unpaired) electrons. The number of nitrogens with two attached hydrogens (primary N) is 1. The van der Waals surface area contributed by atoms with E-state index in [1.54, 1.807) is 49.8 Å². The molecule has 0 spiro atoms. The molecule has 31 heteroatoms. The molecule has 12 atom stereocenters. The van der Waals surface area contributed by atoms with E-state index in [1.807, 2.05) is 278 Å². The fourth-order valence-corrected chi connectivity index (χ4v) is 19.8. The van der Waals surface area contributed by atoms with Gasteiger partial charge in [0, 0.05) is 119 Å². The van der Waals surface area contributed by atoms with Crippen molar-refractivity contribution >= 4 is 53.2 Å². The minimum atomic E-state index is -0.895. The van der Waals surface area contributed by atoms with Crippen molar-refractivity contribution in [3.05, 3.63) is 258 Å². The zero-order chi connectivity index (χ0) is 107. The van der Waals surface area contributed by atoms with Gasteiger partial charge in [0.1, 0.15) is 34.5 Å². The Morgan fingerprint density at radius 1 is 0.365 bits per heavy atom. The first-order valence-electron chi connectivity index (χ1n) is 51.8. The fourth-order valence-electron chi connectivity index (χ4n) is 19.8. The molecular weight excluding hydrogens is 1880 g/mol. The average Bonchev–Trinajstić information content (AvgIpc) is 1.62. The van der Waals surface area contributed by atoms with Crippen molar-refractivity contribution in [2.75, 3.05) is 153 Å². The Kier molecular flexibility index (Phi) is 52.3. The van der Waals surface area contributed by atoms with Crippen LogP contribution in [-0.2, 0) is 44.9 Å². The van der Waals surface area contributed by atoms with Gasteiger partial charge in [0.15, 0.2) is 23.0 Å². The molecule has 31 nitrogen and oxygen atoms in total. The Bertz CT molecular complexity index is 5330. The third-order valence-electron chi connectivity index (χ3n) is 27.6. The predicted octanol–water partition coefficient (Wildman–Crippen LogP) is 17.9. The number of methoxy groups -OCH3 is 7. The molecule has 5 aliphatic rings. The molecule has 5 aliphatic heterocycles. The molecule has 9 aromatic rings. The third-order valence-corrected chi connectivity index (χ3v) is 27.6. The van der Waals surface area contributed by atoms with Crippen molar-refractivity contribution in [1.29, 1.82) is 0 Å². The maximum absolute atomic E-state index is 13.6. The smallest absolute Gasteiger partial charge is 0.308 e. The summed E-state index contributed by atoms with van der Waals surface area (Å²) in [6.07, 6.45) is 10.3. The number of anilines is 1. The van der Waals surface area contributed by atoms with Gasteiger partial charge in [0.05, 0.1) is 106 Å². The van der Waals surface area contributed by atoms with Crippen molar-refractivity contribution in [3.63, 3.8) is 0 Å². The van der Waals surface area contributed by atoms with Gasteiger partial charge in [-0.15, -0.1) is 0 Å². The second-order valence-electron chi connectivity index (χ2n) is 36.9. The first-order chi connectivity index (χ1) is 71.7. The summed E-state index contributed by atoms with van der Waals surface area (Å²) in [5, 5.41) is 46.0. The summed E-state index contributed by atoms with van der Waals surface area (Å²) in [5.41, 5.74) is 11.4. The Morgan fingerprint density at radius 2 is 0.716 bits per heavy atom. The van der Waals surface area contributed by atoms with E-state index in [1.165, 1.54) is 0 Å². The molecule has 148 heavy (non-hydrogen) atoms. The number of carbonyl (C=O) groups is 8. The fraction of sp³-hybridized carbons (Fsp3) is 0.470. The summed E-state index contributed by atoms with van der Waals surface area (Å²) < 4.78 is 52.7. The van der Waals surface area contributed by atoms with Gasteiger partial charge < -0.3 is 94.0 Å². The number of carboxylic acids is 4. The lowest BCUT2D eigenvalue weighted by atomic mass is 9.84. The van der Waals surface area contributed by atoms with Gasteiger partial charge >= 0.3 is 23.9 Å². The lowest BCUT2D eigenvalue weighted by Crippen LogP contribution is -2.44. The second kappa shape index (κ2) is 64.6. The van der Waals surface area contributed by atoms with Crippen molar-refractivity contribution < 1.29 is 106 Å². The SMILES string of the molecule is CCCCN(C(=O)CN1C[C@H](c2ccc(OC)cc2)[C@@H](C(=O)O)[C@@H]1CC)c1cccc(CN)c1.CCCCN(CC)C(=O)CN1C[C@H](c2ccc(OC)cc2)[C@@H](C(=O)O)[C@@H]1CC.CCCCNC(=O)CN1C[C@H](c2ccc(OC)cc2)[C@@H](C(=O)O)[C@@H]1CC.CCCCNC(=O)CN1C[C@H](c2ccc3c(c2)OCO3)[C@@H](C(=O)O)[C@@H]1CCOc1ccccc1OC.COc1ccccc1.COc1ccccc1.COc1ccccc1. The van der Waals surface area contributed by atoms with E-state index < -0.39 is 47.5 Å². The number of carboxylic acid groups (broad SMARTS) is 4. The number of likely N-dealkylation sites (tertiary alicyclic amines) is 4. The normalized spacial score (nSPS) is 19.4. The number of para-hydroxylation sites is 5. The number of likely N-dealkylation sites (N-methyl/N-ethyl adjacent to an activating group) is 1. The Balaban J connectivity index is 0.000000224. The van der Waals surface area contributed by atoms with E-state index in [0.717, 1.165) is 126 Å². The van der Waals surface area contributed by atoms with Gasteiger partial charge in [-0.05, 0) is 195 Å². The van der Waals surface area contributed by atoms with Crippen molar-refractivity contribution in [1.82, 2.24) is 35.1 Å². The molecular formula is C117H159N9O22. The molecule has 4 saturated heterocycles. The summed E-state index contributed by atoms with van der Waals surface area (Å²) in [6, 6.07) is 71.6. The average molecular weight is 2040 g/mol. The van der Waals surface area contributed by atoms with Gasteiger partial charge in [-0.1, -0.05) is 195 Å². The molecule has 4 amide bonds. The number of nitrogens with one attached hydrogen (secondary N) is 2. The highest BCUT2D eigenvalue weighted by Crippen LogP contribution is 2.46. The van der Waals surface area contributed by atoms with Crippen molar-refractivity contribution in [2.24, 2.45) is 29.4 Å². The first-order valence-corrected chi connectivity index (χ1v) is 51.8. The summed E-state index contributed by atoms with van der Waals surface area (Å²) in [6.45, 7) is 23.5. The molecule has 0 aromatic heterocycles. The van der Waals surface area contributed by atoms with E-state index >= 15 is 0 Å². The van der Waals surface area contributed by atoms with Crippen LogP contribution in [0.25, 0.3) is 0 Å². The predicted molar refractivity (Wildman–Crippen MR) is 576 cm³/mol. The highest BCUT2D eigenvalue weighted by atomic mass is 16.7. The Morgan fingerprint density at radius 3 is 1.09 bits per heavy atom. The second-order valence-corrected chi connectivity index (χ2v) is 36.9. The molecule has 0 unspecified atom stereocenters. The highest BCUT2D eigenvalue weighted by Gasteiger charge is 2.51. The van der Waals surface area contributed by atoms with E-state index in [-0.39, 0.29) is 111 Å². The lowest BCUT2D eigenvalue weighted by Gasteiger charge is -2.29. The Hall–Kier alpha value is -13.5. The molecule has 8 N–H and O–H groups in total. The quantitative estimate of drug-likeness (QED) is 0.0174. The van der Waals surface area contributed by atoms with Crippen LogP contribution < -0.4 is 68.6 Å². The lowest BCUT2D eigenvalue weighted by molar-refractivity contribution is -0.144. The van der Waals surface area contributed by atoms with Crippen LogP contribution >= 0.6 is 0 Å². The molecule has 0 aliphatic carbocycles. The van der Waals surface area contributed by atoms with E-state index in [9.17, 15) is 58.8 Å². The van der Waals surface area contributed by atoms with Crippen LogP contribution in [0, 0.1) is 23.7 Å². The van der Waals surface area contributed by atoms with Crippen LogP contribution in [0.1, 0.15) is 184 Å². The number of carbonyl (C=O) groups excluding carboxylic acids is 4. The topological polar surface area (TPSA) is 379 Å². The number of nitrogens with zero attached hydrogens (tertiary/aromatic N) is 6. The number of fused-ring (bicyclic) bond motifs is 1. The molecule has 5 heterocycles. The molecule has 14 rings (SSSR count). The van der Waals surface area contributed by atoms with Crippen molar-refractivity contribution in [3.8, 4) is 57.5 Å². The van der Waals surface area contributed by atoms with Gasteiger partial charge in [-0.2, -0.15) is 0 Å². The largest absolute Gasteiger partial charge is 0.497 e. The van der Waals surface area contributed by atoms with Crippen LogP contribution in [0.4, 0.5) is 5.69 Å². The summed E-state index contributed by atoms with van der Waals surface area (Å²) in [7, 11) is 11.4. The minimum absolute atomic E-state index is 0.0133. The molecule has 0 saturated carbocycles. The van der Waals surface area contributed by atoms with Crippen LogP contribution in [0.2, 0.25) is 0 Å². The number of hydrogen-bond donors (Lipinski definition) is 7. The number of hydrogen-bond acceptors (Lipinski definition) is 23. The Labute approximate surface area is 874 Å². The van der Waals surface area contributed by atoms with Gasteiger partial charge in [-0.3, -0.25) is 58.0 Å². The molecule has 4 fully saturated rings. The third kappa shape index (κ3) is 36.0. The minimum Gasteiger partial charge on any atom is -0.497 e. The maximum atomic E-state index is 13.6. The monoisotopic (exact) mass is 2040 g/mol. The zero-order valence-electron chi connectivity index (χ0n) is 89.1. The molecule has 9 aromatic carbocycles. The number of unbranched alkanes of at least 4 members (excludes halogenated alkanes) is 4. The number of rotatable bonds is 45. The van der Waals surface area contributed by atoms with Crippen LogP contribution in [0.5, 0.6) is 57.5 Å². The van der Waals surface area contributed by atoms with Crippen LogP contribution in [0.15, 0.2) is 231 Å². The summed E-state index contributed by atoms with van der Waals surface area (Å²) in [5.74, 6) is 1.00. The standard InChI is InChI=1S/C27H37N3O4.C27H34N2O7.C22H34N2O4.C20H30N2O4.3C7H8O/c1-4-6-14-30(21-9-7-8-19(15-21)16-28)25(31)18-29-17-23(26(27(32)33)24(29)5-2)20-10-12-22(34-3)13-11-20;1-3-4-12-28-25(30)16-29-15-19(18-9-10-23-24(14-18)36-17-35-23)26(27(31)32)20(29)11-13-34-22-8-6-5-7-21(22)33-2;1-5-8-13-23(7-3)20(25)15-24-14-18(21(22(26)27)19(24)6-2)16-9-11-17(28-4)12-10-16;1-4-6-11-21-18(23)13-22-12-16(19(20(24)25)17(22)5-2)14-7-9-15(26-3)10-8-14;3*1-8-7-5-3-2-4-6-7/h7-13,15,23-24,26H,4-6,14,16-18,28H2,1-3H3,(H,32,33);5-10,14,19-20,26H,3-4,11-13,15-17H2,1-2H3,(H,28,30)(H,31,32);9-12,18-19,21H,5-8,13-15H2,1-4H3,(H,26,27);7-10,16-17,19H,4-6,11-13H2,1-3H3,(H,21,23)(H,24,25);3*2-6H,1H3/t23-,24+,26-;19-,20+,26-;18-,19+,21-;16-,17+,19-;;;/m1111.../s1. The van der Waals surface area contributed by atoms with E-state index in [0.29, 0.717) is 108 Å². The number of ether oxygens (including phenoxy) is 10. The van der Waals surface area contributed by atoms with Crippen LogP contribution in [-0.4, -0.2) is 265 Å². The molecule has 804 valence electrons. The van der Waals surface area contributed by atoms with Crippen molar-refractivity contribution in [2.45, 2.75) is 187 Å². The summed E-state index contributed by atoms with van der Waals surface area (Å²) in [4.78, 5) is 112. The zero-order valence-corrected chi connectivity index (χ0v) is 89.1. The summed E-state index contributed by atoms with van der Waals surface area (Å²) >= 11 is 0. The van der Waals surface area contributed by atoms with Gasteiger partial charge in [0.2, 0.25) is 30.4 Å².